The molecule has 1 unspecified atom stereocenters. The summed E-state index contributed by atoms with van der Waals surface area (Å²) in [4.78, 5) is 12.2. The number of ether oxygens (including phenoxy) is 2. The molecule has 1 aliphatic heterocycles. The minimum absolute atomic E-state index is 0.128. The van der Waals surface area contributed by atoms with Crippen LogP contribution in [-0.4, -0.2) is 36.6 Å². The van der Waals surface area contributed by atoms with Crippen molar-refractivity contribution in [2.24, 2.45) is 15.9 Å². The van der Waals surface area contributed by atoms with Crippen LogP contribution >= 0.6 is 35.0 Å². The summed E-state index contributed by atoms with van der Waals surface area (Å²) in [6.45, 7) is 13.6. The average Bonchev–Trinajstić information content (AvgIpc) is 2.75. The van der Waals surface area contributed by atoms with Gasteiger partial charge in [-0.1, -0.05) is 67.9 Å². The molecular formula is C27H34Cl2N2O2S. The molecule has 0 radical (unpaired) electrons. The standard InChI is InChI=1S/C27H34Cl2N2O2S/c1-7-32-25-24(17(3)4)30-26(33-8-2)27(6,31-25)16-18(5)22-13-12-21(15-23(22)29)34-20-11-9-10-19(28)14-20/h9-15,17-18,24H,7-8,16H2,1-6H3/t18-,24+,27?/m1/s1. The Morgan fingerprint density at radius 1 is 1.00 bits per heavy atom. The van der Waals surface area contributed by atoms with Crippen LogP contribution in [-0.2, 0) is 9.47 Å². The van der Waals surface area contributed by atoms with Crippen LogP contribution in [0.5, 0.6) is 0 Å². The second-order valence-electron chi connectivity index (χ2n) is 9.06. The van der Waals surface area contributed by atoms with E-state index in [4.69, 9.17) is 42.7 Å². The van der Waals surface area contributed by atoms with Crippen molar-refractivity contribution >= 4 is 46.8 Å². The van der Waals surface area contributed by atoms with Crippen molar-refractivity contribution < 1.29 is 9.47 Å². The smallest absolute Gasteiger partial charge is 0.212 e. The highest BCUT2D eigenvalue weighted by molar-refractivity contribution is 7.99. The third kappa shape index (κ3) is 6.50. The fourth-order valence-electron chi connectivity index (χ4n) is 4.18. The summed E-state index contributed by atoms with van der Waals surface area (Å²) in [5.74, 6) is 1.76. The molecule has 0 bridgehead atoms. The SMILES string of the molecule is CCOC1=NC(C)(C[C@@H](C)c2ccc(Sc3cccc(Cl)c3)cc2Cl)C(OCC)=N[C@H]1C(C)C. The third-order valence-corrected chi connectivity index (χ3v) is 7.31. The summed E-state index contributed by atoms with van der Waals surface area (Å²) in [5, 5.41) is 1.46. The van der Waals surface area contributed by atoms with Gasteiger partial charge in [0, 0.05) is 19.8 Å². The molecule has 1 heterocycles. The van der Waals surface area contributed by atoms with E-state index in [0.29, 0.717) is 31.4 Å². The molecule has 1 aliphatic rings. The second kappa shape index (κ2) is 11.8. The average molecular weight is 522 g/mol. The first-order chi connectivity index (χ1) is 16.2. The summed E-state index contributed by atoms with van der Waals surface area (Å²) >= 11 is 14.5. The molecule has 2 aromatic rings. The van der Waals surface area contributed by atoms with Crippen LogP contribution in [0.1, 0.15) is 59.4 Å². The van der Waals surface area contributed by atoms with Gasteiger partial charge in [-0.15, -0.1) is 0 Å². The van der Waals surface area contributed by atoms with Crippen molar-refractivity contribution in [1.29, 1.82) is 0 Å². The first-order valence-corrected chi connectivity index (χ1v) is 13.4. The monoisotopic (exact) mass is 520 g/mol. The normalized spacial score (nSPS) is 21.1. The van der Waals surface area contributed by atoms with Gasteiger partial charge in [0.25, 0.3) is 0 Å². The summed E-state index contributed by atoms with van der Waals surface area (Å²) < 4.78 is 11.9. The van der Waals surface area contributed by atoms with Gasteiger partial charge in [-0.3, -0.25) is 0 Å². The van der Waals surface area contributed by atoms with Crippen LogP contribution in [0.3, 0.4) is 0 Å². The van der Waals surface area contributed by atoms with Gasteiger partial charge in [0.15, 0.2) is 0 Å². The number of hydrogen-bond acceptors (Lipinski definition) is 5. The van der Waals surface area contributed by atoms with Crippen LogP contribution in [0, 0.1) is 5.92 Å². The van der Waals surface area contributed by atoms with Gasteiger partial charge in [0.05, 0.1) is 13.2 Å². The number of rotatable bonds is 8. The minimum atomic E-state index is -0.622. The Morgan fingerprint density at radius 3 is 2.32 bits per heavy atom. The Bertz CT molecular complexity index is 1060. The number of aliphatic imine (C=N–C) groups is 2. The number of nitrogens with zero attached hydrogens (tertiary/aromatic N) is 2. The fourth-order valence-corrected chi connectivity index (χ4v) is 5.79. The van der Waals surface area contributed by atoms with Crippen molar-refractivity contribution in [3.8, 4) is 0 Å². The van der Waals surface area contributed by atoms with Gasteiger partial charge in [0.1, 0.15) is 11.6 Å². The van der Waals surface area contributed by atoms with E-state index in [0.717, 1.165) is 25.4 Å². The molecule has 184 valence electrons. The molecule has 4 nitrogen and oxygen atoms in total. The van der Waals surface area contributed by atoms with Gasteiger partial charge < -0.3 is 9.47 Å². The highest BCUT2D eigenvalue weighted by Gasteiger charge is 2.41. The molecule has 0 aliphatic carbocycles. The van der Waals surface area contributed by atoms with E-state index in [1.165, 1.54) is 0 Å². The molecule has 0 N–H and O–H groups in total. The summed E-state index contributed by atoms with van der Waals surface area (Å²) in [6, 6.07) is 13.9. The molecule has 7 heteroatoms. The van der Waals surface area contributed by atoms with E-state index >= 15 is 0 Å². The highest BCUT2D eigenvalue weighted by atomic mass is 35.5. The number of benzene rings is 2. The van der Waals surface area contributed by atoms with E-state index < -0.39 is 5.54 Å². The summed E-state index contributed by atoms with van der Waals surface area (Å²) in [7, 11) is 0. The van der Waals surface area contributed by atoms with E-state index in [-0.39, 0.29) is 17.9 Å². The maximum atomic E-state index is 6.76. The van der Waals surface area contributed by atoms with E-state index in [1.807, 2.05) is 44.2 Å². The van der Waals surface area contributed by atoms with Gasteiger partial charge in [-0.05, 0) is 74.9 Å². The lowest BCUT2D eigenvalue weighted by Gasteiger charge is -2.36. The lowest BCUT2D eigenvalue weighted by atomic mass is 9.84. The first-order valence-electron chi connectivity index (χ1n) is 11.8. The maximum Gasteiger partial charge on any atom is 0.212 e. The number of halogens is 2. The highest BCUT2D eigenvalue weighted by Crippen LogP contribution is 2.38. The van der Waals surface area contributed by atoms with E-state index in [2.05, 4.69) is 39.8 Å². The van der Waals surface area contributed by atoms with Crippen molar-refractivity contribution in [2.45, 2.75) is 75.3 Å². The van der Waals surface area contributed by atoms with Gasteiger partial charge >= 0.3 is 0 Å². The molecule has 34 heavy (non-hydrogen) atoms. The van der Waals surface area contributed by atoms with Crippen molar-refractivity contribution in [2.75, 3.05) is 13.2 Å². The lowest BCUT2D eigenvalue weighted by molar-refractivity contribution is 0.253. The zero-order valence-corrected chi connectivity index (χ0v) is 23.1. The molecule has 0 amide bonds. The van der Waals surface area contributed by atoms with Crippen LogP contribution < -0.4 is 0 Å². The van der Waals surface area contributed by atoms with Gasteiger partial charge in [0.2, 0.25) is 11.8 Å². The predicted octanol–water partition coefficient (Wildman–Crippen LogP) is 8.31. The molecular weight excluding hydrogens is 487 g/mol. The Morgan fingerprint density at radius 2 is 1.71 bits per heavy atom. The number of hydrogen-bond donors (Lipinski definition) is 0. The zero-order chi connectivity index (χ0) is 24.9. The maximum absolute atomic E-state index is 6.76. The summed E-state index contributed by atoms with van der Waals surface area (Å²) in [5.41, 5.74) is 0.455. The zero-order valence-electron chi connectivity index (χ0n) is 20.8. The molecule has 3 atom stereocenters. The molecule has 0 aromatic heterocycles. The third-order valence-electron chi connectivity index (χ3n) is 5.77. The van der Waals surface area contributed by atoms with Crippen LogP contribution in [0.15, 0.2) is 62.2 Å². The lowest BCUT2D eigenvalue weighted by Crippen LogP contribution is -2.46. The molecule has 0 spiro atoms. The van der Waals surface area contributed by atoms with Crippen molar-refractivity contribution in [3.05, 3.63) is 58.1 Å². The Hall–Kier alpha value is -1.69. The van der Waals surface area contributed by atoms with Gasteiger partial charge in [-0.2, -0.15) is 0 Å². The van der Waals surface area contributed by atoms with E-state index in [9.17, 15) is 0 Å². The fraction of sp³-hybridized carbons (Fsp3) is 0.481. The quantitative estimate of drug-likeness (QED) is 0.351. The van der Waals surface area contributed by atoms with Gasteiger partial charge in [-0.25, -0.2) is 9.98 Å². The Balaban J connectivity index is 1.84. The predicted molar refractivity (Wildman–Crippen MR) is 145 cm³/mol. The second-order valence-corrected chi connectivity index (χ2v) is 11.1. The molecule has 0 saturated carbocycles. The Kier molecular flexibility index (Phi) is 9.36. The molecule has 3 rings (SSSR count). The summed E-state index contributed by atoms with van der Waals surface area (Å²) in [6.07, 6.45) is 0.702. The Labute approximate surface area is 218 Å². The molecule has 0 saturated heterocycles. The van der Waals surface area contributed by atoms with Crippen molar-refractivity contribution in [3.63, 3.8) is 0 Å². The first kappa shape index (κ1) is 26.9. The minimum Gasteiger partial charge on any atom is -0.480 e. The largest absolute Gasteiger partial charge is 0.480 e. The topological polar surface area (TPSA) is 43.2 Å². The van der Waals surface area contributed by atoms with Crippen LogP contribution in [0.4, 0.5) is 0 Å². The van der Waals surface area contributed by atoms with E-state index in [1.54, 1.807) is 11.8 Å². The molecule has 0 fully saturated rings. The van der Waals surface area contributed by atoms with Crippen LogP contribution in [0.25, 0.3) is 0 Å². The molecule has 2 aromatic carbocycles. The van der Waals surface area contributed by atoms with Crippen molar-refractivity contribution in [1.82, 2.24) is 0 Å². The van der Waals surface area contributed by atoms with Crippen LogP contribution in [0.2, 0.25) is 10.0 Å².